The Morgan fingerprint density at radius 3 is 2.58 bits per heavy atom. The van der Waals surface area contributed by atoms with Crippen molar-refractivity contribution in [3.63, 3.8) is 0 Å². The van der Waals surface area contributed by atoms with Gasteiger partial charge in [0.2, 0.25) is 17.2 Å². The lowest BCUT2D eigenvalue weighted by atomic mass is 10.2. The molecule has 0 bridgehead atoms. The van der Waals surface area contributed by atoms with Crippen molar-refractivity contribution in [2.24, 2.45) is 0 Å². The highest BCUT2D eigenvalue weighted by Gasteiger charge is 2.37. The Morgan fingerprint density at radius 2 is 1.85 bits per heavy atom. The van der Waals surface area contributed by atoms with E-state index in [0.717, 1.165) is 12.6 Å². The molecule has 3 aromatic heterocycles. The second-order valence-electron chi connectivity index (χ2n) is 5.46. The Balaban J connectivity index is 1.90. The number of hydrogen-bond acceptors (Lipinski definition) is 9. The summed E-state index contributed by atoms with van der Waals surface area (Å²) in [5, 5.41) is 0. The van der Waals surface area contributed by atoms with E-state index in [2.05, 4.69) is 24.9 Å². The van der Waals surface area contributed by atoms with Crippen LogP contribution in [-0.4, -0.2) is 51.2 Å². The molecule has 26 heavy (non-hydrogen) atoms. The van der Waals surface area contributed by atoms with Gasteiger partial charge < -0.3 is 19.8 Å². The highest BCUT2D eigenvalue weighted by atomic mass is 19.4. The summed E-state index contributed by atoms with van der Waals surface area (Å²) in [6.07, 6.45) is -2.62. The predicted octanol–water partition coefficient (Wildman–Crippen LogP) is 1.51. The van der Waals surface area contributed by atoms with Gasteiger partial charge in [-0.3, -0.25) is 0 Å². The zero-order chi connectivity index (χ0) is 18.3. The number of oxazole rings is 1. The fourth-order valence-corrected chi connectivity index (χ4v) is 2.63. The summed E-state index contributed by atoms with van der Waals surface area (Å²) < 4.78 is 50.7. The van der Waals surface area contributed by atoms with Crippen LogP contribution >= 0.6 is 0 Å². The van der Waals surface area contributed by atoms with Crippen LogP contribution in [0.25, 0.3) is 22.6 Å². The number of morpholine rings is 1. The number of ether oxygens (including phenoxy) is 1. The Kier molecular flexibility index (Phi) is 3.83. The molecule has 0 aromatic carbocycles. The Bertz CT molecular complexity index is 953. The van der Waals surface area contributed by atoms with Crippen molar-refractivity contribution in [2.75, 3.05) is 36.9 Å². The van der Waals surface area contributed by atoms with Crippen LogP contribution in [0.3, 0.4) is 0 Å². The number of hydrogen-bond donors (Lipinski definition) is 1. The van der Waals surface area contributed by atoms with E-state index < -0.39 is 17.8 Å². The van der Waals surface area contributed by atoms with E-state index >= 15 is 0 Å². The summed E-state index contributed by atoms with van der Waals surface area (Å²) in [4.78, 5) is 21.1. The maximum atomic E-state index is 13.4. The molecule has 1 aliphatic heterocycles. The lowest BCUT2D eigenvalue weighted by Gasteiger charge is -2.27. The third-order valence-corrected chi connectivity index (χ3v) is 3.80. The van der Waals surface area contributed by atoms with Crippen LogP contribution in [0.1, 0.15) is 5.69 Å². The third-order valence-electron chi connectivity index (χ3n) is 3.80. The quantitative estimate of drug-likeness (QED) is 0.719. The van der Waals surface area contributed by atoms with Crippen LogP contribution < -0.4 is 10.6 Å². The predicted molar refractivity (Wildman–Crippen MR) is 83.1 cm³/mol. The standard InChI is InChI=1S/C14H12F3N7O2/c15-14(16,17)9-7(5-19-13(18)21-9)10-22-11-8(26-6-20-11)12(23-10)24-1-3-25-4-2-24/h5-6H,1-4H2,(H2,18,19,21). The SMILES string of the molecule is Nc1ncc(-c2nc(N3CCOCC3)c3ocnc3n2)c(C(F)(F)F)n1. The average Bonchev–Trinajstić information content (AvgIpc) is 3.09. The summed E-state index contributed by atoms with van der Waals surface area (Å²) in [6.45, 7) is 1.95. The first-order chi connectivity index (χ1) is 12.4. The first kappa shape index (κ1) is 16.4. The molecule has 0 saturated carbocycles. The topological polar surface area (TPSA) is 116 Å². The minimum Gasteiger partial charge on any atom is -0.438 e. The average molecular weight is 367 g/mol. The number of alkyl halides is 3. The lowest BCUT2D eigenvalue weighted by Crippen LogP contribution is -2.37. The van der Waals surface area contributed by atoms with Crippen molar-refractivity contribution in [3.05, 3.63) is 18.3 Å². The van der Waals surface area contributed by atoms with Gasteiger partial charge in [-0.2, -0.15) is 18.2 Å². The van der Waals surface area contributed by atoms with Crippen LogP contribution in [0, 0.1) is 0 Å². The molecule has 4 rings (SSSR count). The zero-order valence-electron chi connectivity index (χ0n) is 13.2. The second kappa shape index (κ2) is 6.05. The monoisotopic (exact) mass is 367 g/mol. The summed E-state index contributed by atoms with van der Waals surface area (Å²) in [5.74, 6) is -0.354. The molecule has 4 heterocycles. The van der Waals surface area contributed by atoms with Gasteiger partial charge in [-0.15, -0.1) is 0 Å². The van der Waals surface area contributed by atoms with Crippen LogP contribution in [0.5, 0.6) is 0 Å². The summed E-state index contributed by atoms with van der Waals surface area (Å²) in [6, 6.07) is 0. The van der Waals surface area contributed by atoms with Gasteiger partial charge in [0.1, 0.15) is 0 Å². The Labute approximate surface area is 144 Å². The maximum absolute atomic E-state index is 13.4. The van der Waals surface area contributed by atoms with Crippen molar-refractivity contribution in [1.82, 2.24) is 24.9 Å². The summed E-state index contributed by atoms with van der Waals surface area (Å²) in [7, 11) is 0. The molecule has 1 saturated heterocycles. The van der Waals surface area contributed by atoms with Crippen LogP contribution in [0.4, 0.5) is 24.9 Å². The number of anilines is 2. The minimum absolute atomic E-state index is 0.140. The molecule has 2 N–H and O–H groups in total. The van der Waals surface area contributed by atoms with E-state index in [1.165, 1.54) is 0 Å². The van der Waals surface area contributed by atoms with Crippen molar-refractivity contribution < 1.29 is 22.3 Å². The molecule has 9 nitrogen and oxygen atoms in total. The fourth-order valence-electron chi connectivity index (χ4n) is 2.63. The number of halogens is 3. The molecule has 0 unspecified atom stereocenters. The zero-order valence-corrected chi connectivity index (χ0v) is 13.2. The van der Waals surface area contributed by atoms with Crippen molar-refractivity contribution in [2.45, 2.75) is 6.18 Å². The second-order valence-corrected chi connectivity index (χ2v) is 5.46. The van der Waals surface area contributed by atoms with Gasteiger partial charge in [-0.25, -0.2) is 19.9 Å². The van der Waals surface area contributed by atoms with E-state index in [-0.39, 0.29) is 17.0 Å². The van der Waals surface area contributed by atoms with Gasteiger partial charge in [-0.1, -0.05) is 0 Å². The van der Waals surface area contributed by atoms with Crippen LogP contribution in [0.15, 0.2) is 17.0 Å². The van der Waals surface area contributed by atoms with Gasteiger partial charge >= 0.3 is 6.18 Å². The van der Waals surface area contributed by atoms with Gasteiger partial charge in [0.05, 0.1) is 18.8 Å². The minimum atomic E-state index is -4.74. The number of fused-ring (bicyclic) bond motifs is 1. The molecule has 136 valence electrons. The molecule has 1 aliphatic rings. The van der Waals surface area contributed by atoms with E-state index in [1.54, 1.807) is 0 Å². The van der Waals surface area contributed by atoms with E-state index in [0.29, 0.717) is 37.7 Å². The molecule has 0 radical (unpaired) electrons. The number of nitrogen functional groups attached to an aromatic ring is 1. The molecular formula is C14H12F3N7O2. The van der Waals surface area contributed by atoms with Crippen LogP contribution in [-0.2, 0) is 10.9 Å². The number of aromatic nitrogens is 5. The molecule has 12 heteroatoms. The van der Waals surface area contributed by atoms with Crippen molar-refractivity contribution in [1.29, 1.82) is 0 Å². The molecule has 1 fully saturated rings. The fraction of sp³-hybridized carbons (Fsp3) is 0.357. The normalized spacial score (nSPS) is 15.6. The highest BCUT2D eigenvalue weighted by Crippen LogP contribution is 2.36. The van der Waals surface area contributed by atoms with Crippen LogP contribution in [0.2, 0.25) is 0 Å². The number of rotatable bonds is 2. The summed E-state index contributed by atoms with van der Waals surface area (Å²) in [5.41, 5.74) is 4.15. The van der Waals surface area contributed by atoms with E-state index in [4.69, 9.17) is 14.9 Å². The van der Waals surface area contributed by atoms with Gasteiger partial charge in [0.25, 0.3) is 0 Å². The number of nitrogens with zero attached hydrogens (tertiary/aromatic N) is 6. The molecule has 0 aliphatic carbocycles. The van der Waals surface area contributed by atoms with E-state index in [9.17, 15) is 13.2 Å². The number of nitrogens with two attached hydrogens (primary N) is 1. The molecule has 0 atom stereocenters. The first-order valence-electron chi connectivity index (χ1n) is 7.57. The summed E-state index contributed by atoms with van der Waals surface area (Å²) >= 11 is 0. The Morgan fingerprint density at radius 1 is 1.08 bits per heavy atom. The molecule has 3 aromatic rings. The first-order valence-corrected chi connectivity index (χ1v) is 7.57. The van der Waals surface area contributed by atoms with Gasteiger partial charge in [0, 0.05) is 19.3 Å². The van der Waals surface area contributed by atoms with E-state index in [1.807, 2.05) is 4.90 Å². The van der Waals surface area contributed by atoms with Crippen molar-refractivity contribution >= 4 is 23.0 Å². The largest absolute Gasteiger partial charge is 0.438 e. The van der Waals surface area contributed by atoms with Crippen molar-refractivity contribution in [3.8, 4) is 11.4 Å². The molecule has 0 spiro atoms. The third kappa shape index (κ3) is 2.87. The molecular weight excluding hydrogens is 355 g/mol. The lowest BCUT2D eigenvalue weighted by molar-refractivity contribution is -0.140. The Hall–Kier alpha value is -3.02. The maximum Gasteiger partial charge on any atom is 0.434 e. The molecule has 0 amide bonds. The highest BCUT2D eigenvalue weighted by molar-refractivity contribution is 5.83. The van der Waals surface area contributed by atoms with Gasteiger partial charge in [0.15, 0.2) is 23.7 Å². The smallest absolute Gasteiger partial charge is 0.434 e. The van der Waals surface area contributed by atoms with Gasteiger partial charge in [-0.05, 0) is 0 Å².